The fourth-order valence-electron chi connectivity index (χ4n) is 3.90. The third kappa shape index (κ3) is 1.75. The smallest absolute Gasteiger partial charge is 0.185 e. The molecule has 1 aliphatic carbocycles. The second-order valence-corrected chi connectivity index (χ2v) is 6.34. The molecule has 110 valence electrons. The van der Waals surface area contributed by atoms with E-state index in [1.54, 1.807) is 0 Å². The van der Waals surface area contributed by atoms with Crippen LogP contribution >= 0.6 is 0 Å². The Balaban J connectivity index is 1.61. The minimum absolute atomic E-state index is 0.673. The Labute approximate surface area is 128 Å². The van der Waals surface area contributed by atoms with Crippen LogP contribution in [0, 0.1) is 5.92 Å². The number of fused-ring (bicyclic) bond motifs is 3. The molecule has 2 bridgehead atoms. The van der Waals surface area contributed by atoms with E-state index in [1.165, 1.54) is 19.3 Å². The predicted octanol–water partition coefficient (Wildman–Crippen LogP) is 2.78. The van der Waals surface area contributed by atoms with Gasteiger partial charge >= 0.3 is 0 Å². The van der Waals surface area contributed by atoms with E-state index < -0.39 is 0 Å². The van der Waals surface area contributed by atoms with Crippen LogP contribution in [0.3, 0.4) is 0 Å². The summed E-state index contributed by atoms with van der Waals surface area (Å²) in [5.74, 6) is 2.72. The van der Waals surface area contributed by atoms with E-state index in [0.717, 1.165) is 35.3 Å². The number of nitrogens with zero attached hydrogens (tertiary/aromatic N) is 5. The highest BCUT2D eigenvalue weighted by Crippen LogP contribution is 2.39. The van der Waals surface area contributed by atoms with Gasteiger partial charge in [-0.3, -0.25) is 0 Å². The Bertz CT molecular complexity index is 825. The molecule has 5 nitrogen and oxygen atoms in total. The SMILES string of the molecule is c1ccc(-c2nnc3ccc(N4C[C@H]5CC[C@H]4C5)nn23)cc1. The molecule has 1 saturated carbocycles. The van der Waals surface area contributed by atoms with Gasteiger partial charge in [-0.15, -0.1) is 15.3 Å². The zero-order chi connectivity index (χ0) is 14.5. The highest BCUT2D eigenvalue weighted by atomic mass is 15.4. The van der Waals surface area contributed by atoms with Crippen molar-refractivity contribution in [3.63, 3.8) is 0 Å². The summed E-state index contributed by atoms with van der Waals surface area (Å²) in [6.07, 6.45) is 4.01. The molecule has 1 saturated heterocycles. The maximum atomic E-state index is 4.83. The summed E-state index contributed by atoms with van der Waals surface area (Å²) in [6, 6.07) is 14.9. The topological polar surface area (TPSA) is 46.3 Å². The lowest BCUT2D eigenvalue weighted by atomic mass is 10.1. The van der Waals surface area contributed by atoms with Crippen molar-refractivity contribution in [3.05, 3.63) is 42.5 Å². The van der Waals surface area contributed by atoms with Crippen LogP contribution in [-0.4, -0.2) is 32.4 Å². The first-order valence-corrected chi connectivity index (χ1v) is 7.93. The summed E-state index contributed by atoms with van der Waals surface area (Å²) in [5, 5.41) is 13.4. The predicted molar refractivity (Wildman–Crippen MR) is 84.7 cm³/mol. The Kier molecular flexibility index (Phi) is 2.50. The number of hydrogen-bond acceptors (Lipinski definition) is 4. The van der Waals surface area contributed by atoms with Crippen molar-refractivity contribution < 1.29 is 0 Å². The molecule has 0 spiro atoms. The van der Waals surface area contributed by atoms with Gasteiger partial charge in [0.05, 0.1) is 0 Å². The van der Waals surface area contributed by atoms with Gasteiger partial charge < -0.3 is 4.90 Å². The second kappa shape index (κ2) is 4.53. The van der Waals surface area contributed by atoms with E-state index in [9.17, 15) is 0 Å². The quantitative estimate of drug-likeness (QED) is 0.728. The van der Waals surface area contributed by atoms with Gasteiger partial charge in [0.2, 0.25) is 0 Å². The summed E-state index contributed by atoms with van der Waals surface area (Å²) >= 11 is 0. The summed E-state index contributed by atoms with van der Waals surface area (Å²) < 4.78 is 1.87. The molecule has 0 N–H and O–H groups in total. The molecule has 5 heteroatoms. The van der Waals surface area contributed by atoms with Gasteiger partial charge in [-0.05, 0) is 37.3 Å². The molecule has 2 aromatic heterocycles. The molecular weight excluding hydrogens is 274 g/mol. The van der Waals surface area contributed by atoms with Crippen molar-refractivity contribution in [2.45, 2.75) is 25.3 Å². The van der Waals surface area contributed by atoms with E-state index in [4.69, 9.17) is 5.10 Å². The lowest BCUT2D eigenvalue weighted by molar-refractivity contribution is 0.548. The lowest BCUT2D eigenvalue weighted by Gasteiger charge is -2.27. The van der Waals surface area contributed by atoms with E-state index in [0.29, 0.717) is 6.04 Å². The van der Waals surface area contributed by atoms with Crippen molar-refractivity contribution in [1.29, 1.82) is 0 Å². The molecule has 0 unspecified atom stereocenters. The first kappa shape index (κ1) is 12.1. The molecule has 0 radical (unpaired) electrons. The summed E-state index contributed by atoms with van der Waals surface area (Å²) in [4.78, 5) is 2.46. The minimum atomic E-state index is 0.673. The van der Waals surface area contributed by atoms with Crippen LogP contribution in [0.2, 0.25) is 0 Å². The van der Waals surface area contributed by atoms with Crippen molar-refractivity contribution >= 4 is 11.5 Å². The van der Waals surface area contributed by atoms with E-state index >= 15 is 0 Å². The number of hydrogen-bond donors (Lipinski definition) is 0. The summed E-state index contributed by atoms with van der Waals surface area (Å²) in [6.45, 7) is 1.14. The molecule has 3 heterocycles. The van der Waals surface area contributed by atoms with Crippen LogP contribution in [0.1, 0.15) is 19.3 Å². The van der Waals surface area contributed by atoms with Crippen molar-refractivity contribution in [3.8, 4) is 11.4 Å². The van der Waals surface area contributed by atoms with Crippen molar-refractivity contribution in [1.82, 2.24) is 19.8 Å². The zero-order valence-corrected chi connectivity index (χ0v) is 12.3. The standard InChI is InChI=1S/C17H17N5/c1-2-4-13(5-3-1)17-19-18-15-8-9-16(20-22(15)17)21-11-12-6-7-14(21)10-12/h1-5,8-9,12,14H,6-7,10-11H2/t12-,14-/m0/s1. The van der Waals surface area contributed by atoms with Crippen LogP contribution in [0.4, 0.5) is 5.82 Å². The first-order valence-electron chi connectivity index (χ1n) is 7.93. The Morgan fingerprint density at radius 1 is 0.955 bits per heavy atom. The minimum Gasteiger partial charge on any atom is -0.352 e. The fourth-order valence-corrected chi connectivity index (χ4v) is 3.90. The highest BCUT2D eigenvalue weighted by molar-refractivity contribution is 5.59. The van der Waals surface area contributed by atoms with Gasteiger partial charge in [0.15, 0.2) is 11.5 Å². The van der Waals surface area contributed by atoms with Gasteiger partial charge in [-0.1, -0.05) is 30.3 Å². The molecular formula is C17H17N5. The molecule has 1 aliphatic heterocycles. The Morgan fingerprint density at radius 2 is 1.86 bits per heavy atom. The number of aromatic nitrogens is 4. The van der Waals surface area contributed by atoms with Crippen LogP contribution in [0.15, 0.2) is 42.5 Å². The van der Waals surface area contributed by atoms with Crippen molar-refractivity contribution in [2.24, 2.45) is 5.92 Å². The molecule has 22 heavy (non-hydrogen) atoms. The average molecular weight is 291 g/mol. The molecule has 2 atom stereocenters. The summed E-state index contributed by atoms with van der Waals surface area (Å²) in [5.41, 5.74) is 1.84. The van der Waals surface area contributed by atoms with Crippen LogP contribution < -0.4 is 4.90 Å². The highest BCUT2D eigenvalue weighted by Gasteiger charge is 2.38. The molecule has 2 aliphatic rings. The van der Waals surface area contributed by atoms with Gasteiger partial charge in [0, 0.05) is 18.2 Å². The third-order valence-corrected chi connectivity index (χ3v) is 4.98. The van der Waals surface area contributed by atoms with Gasteiger partial charge in [0.1, 0.15) is 5.82 Å². The summed E-state index contributed by atoms with van der Waals surface area (Å²) in [7, 11) is 0. The largest absolute Gasteiger partial charge is 0.352 e. The number of anilines is 1. The first-order chi connectivity index (χ1) is 10.9. The third-order valence-electron chi connectivity index (χ3n) is 4.98. The van der Waals surface area contributed by atoms with Crippen LogP contribution in [-0.2, 0) is 0 Å². The van der Waals surface area contributed by atoms with E-state index in [2.05, 4.69) is 21.2 Å². The van der Waals surface area contributed by atoms with Crippen LogP contribution in [0.25, 0.3) is 17.0 Å². The normalized spacial score (nSPS) is 23.5. The maximum absolute atomic E-state index is 4.83. The number of benzene rings is 1. The molecule has 5 rings (SSSR count). The average Bonchev–Trinajstić information content (AvgIpc) is 3.30. The molecule has 0 amide bonds. The van der Waals surface area contributed by atoms with Gasteiger partial charge in [-0.2, -0.15) is 4.52 Å². The van der Waals surface area contributed by atoms with E-state index in [-0.39, 0.29) is 0 Å². The van der Waals surface area contributed by atoms with Crippen LogP contribution in [0.5, 0.6) is 0 Å². The van der Waals surface area contributed by atoms with E-state index in [1.807, 2.05) is 40.9 Å². The van der Waals surface area contributed by atoms with Gasteiger partial charge in [-0.25, -0.2) is 0 Å². The maximum Gasteiger partial charge on any atom is 0.185 e. The Morgan fingerprint density at radius 3 is 2.64 bits per heavy atom. The zero-order valence-electron chi connectivity index (χ0n) is 12.3. The number of piperidine rings is 1. The molecule has 2 fully saturated rings. The lowest BCUT2D eigenvalue weighted by Crippen LogP contribution is -2.32. The number of rotatable bonds is 2. The Hall–Kier alpha value is -2.43. The molecule has 3 aromatic rings. The monoisotopic (exact) mass is 291 g/mol. The van der Waals surface area contributed by atoms with Gasteiger partial charge in [0.25, 0.3) is 0 Å². The molecule has 1 aromatic carbocycles. The second-order valence-electron chi connectivity index (χ2n) is 6.34. The fraction of sp³-hybridized carbons (Fsp3) is 0.353. The van der Waals surface area contributed by atoms with Crippen molar-refractivity contribution in [2.75, 3.05) is 11.4 Å².